The Morgan fingerprint density at radius 2 is 2.29 bits per heavy atom. The summed E-state index contributed by atoms with van der Waals surface area (Å²) in [6, 6.07) is 0. The van der Waals surface area contributed by atoms with Gasteiger partial charge in [-0.05, 0) is 12.8 Å². The van der Waals surface area contributed by atoms with Crippen molar-refractivity contribution in [1.82, 2.24) is 0 Å². The molecular weight excluding hydrogens is 88.1 g/mol. The molecule has 1 heteroatoms. The first-order chi connectivity index (χ1) is 3.34. The van der Waals surface area contributed by atoms with Crippen molar-refractivity contribution in [1.29, 1.82) is 0 Å². The van der Waals surface area contributed by atoms with Crippen molar-refractivity contribution in [2.45, 2.75) is 18.9 Å². The van der Waals surface area contributed by atoms with Crippen LogP contribution in [0.4, 0.5) is 0 Å². The maximum absolute atomic E-state index is 8.84. The van der Waals surface area contributed by atoms with Crippen molar-refractivity contribution >= 4 is 0 Å². The first-order valence-electron chi connectivity index (χ1n) is 2.65. The van der Waals surface area contributed by atoms with Gasteiger partial charge >= 0.3 is 0 Å². The molecule has 0 aliphatic heterocycles. The van der Waals surface area contributed by atoms with Gasteiger partial charge in [0.05, 0.1) is 6.10 Å². The zero-order chi connectivity index (χ0) is 5.28. The summed E-state index contributed by atoms with van der Waals surface area (Å²) in [6.45, 7) is 3.57. The van der Waals surface area contributed by atoms with Gasteiger partial charge in [-0.2, -0.15) is 0 Å². The van der Waals surface area contributed by atoms with Crippen molar-refractivity contribution in [3.05, 3.63) is 12.7 Å². The second kappa shape index (κ2) is 1.66. The van der Waals surface area contributed by atoms with Gasteiger partial charge in [-0.15, -0.1) is 6.58 Å². The molecule has 0 spiro atoms. The van der Waals surface area contributed by atoms with Crippen molar-refractivity contribution in [3.63, 3.8) is 0 Å². The Kier molecular flexibility index (Phi) is 1.15. The number of aliphatic hydroxyl groups is 1. The molecule has 0 heterocycles. The van der Waals surface area contributed by atoms with Crippen molar-refractivity contribution in [2.24, 2.45) is 5.92 Å². The molecule has 2 atom stereocenters. The fourth-order valence-corrected chi connectivity index (χ4v) is 0.783. The average Bonchev–Trinajstić information content (AvgIpc) is 1.65. The lowest BCUT2D eigenvalue weighted by Crippen LogP contribution is -2.28. The highest BCUT2D eigenvalue weighted by Crippen LogP contribution is 2.27. The van der Waals surface area contributed by atoms with Crippen LogP contribution in [0, 0.1) is 5.92 Å². The minimum absolute atomic E-state index is 0.0718. The van der Waals surface area contributed by atoms with Gasteiger partial charge in [-0.25, -0.2) is 0 Å². The summed E-state index contributed by atoms with van der Waals surface area (Å²) in [4.78, 5) is 0. The minimum Gasteiger partial charge on any atom is -0.393 e. The summed E-state index contributed by atoms with van der Waals surface area (Å²) in [5.41, 5.74) is 0. The van der Waals surface area contributed by atoms with Crippen LogP contribution in [0.1, 0.15) is 12.8 Å². The van der Waals surface area contributed by atoms with Gasteiger partial charge in [0.15, 0.2) is 0 Å². The molecule has 1 nitrogen and oxygen atoms in total. The molecule has 1 fully saturated rings. The van der Waals surface area contributed by atoms with Crippen LogP contribution in [0.2, 0.25) is 0 Å². The molecule has 0 radical (unpaired) electrons. The molecule has 0 aromatic heterocycles. The number of rotatable bonds is 1. The molecule has 1 rings (SSSR count). The summed E-state index contributed by atoms with van der Waals surface area (Å²) in [7, 11) is 0. The molecule has 1 saturated carbocycles. The third-order valence-corrected chi connectivity index (χ3v) is 1.59. The van der Waals surface area contributed by atoms with Crippen molar-refractivity contribution < 1.29 is 5.11 Å². The van der Waals surface area contributed by atoms with Crippen LogP contribution in [0.15, 0.2) is 12.7 Å². The SMILES string of the molecule is C=CC1CCC1O. The lowest BCUT2D eigenvalue weighted by Gasteiger charge is -2.28. The number of hydrogen-bond donors (Lipinski definition) is 1. The van der Waals surface area contributed by atoms with Crippen LogP contribution < -0.4 is 0 Å². The van der Waals surface area contributed by atoms with Gasteiger partial charge in [0, 0.05) is 5.92 Å². The molecule has 1 aliphatic rings. The fraction of sp³-hybridized carbons (Fsp3) is 0.667. The molecule has 40 valence electrons. The van der Waals surface area contributed by atoms with Crippen LogP contribution in [0.3, 0.4) is 0 Å². The van der Waals surface area contributed by atoms with E-state index in [1.165, 1.54) is 0 Å². The van der Waals surface area contributed by atoms with Crippen LogP contribution in [0.5, 0.6) is 0 Å². The van der Waals surface area contributed by atoms with E-state index in [1.807, 2.05) is 6.08 Å². The topological polar surface area (TPSA) is 20.2 Å². The van der Waals surface area contributed by atoms with Gasteiger partial charge in [0.2, 0.25) is 0 Å². The molecule has 0 aromatic carbocycles. The molecule has 0 bridgehead atoms. The predicted octanol–water partition coefficient (Wildman–Crippen LogP) is 0.943. The van der Waals surface area contributed by atoms with E-state index in [2.05, 4.69) is 6.58 Å². The molecule has 0 amide bonds. The molecule has 1 N–H and O–H groups in total. The molecule has 7 heavy (non-hydrogen) atoms. The molecule has 0 saturated heterocycles. The Bertz CT molecular complexity index is 78.2. The summed E-state index contributed by atoms with van der Waals surface area (Å²) < 4.78 is 0. The largest absolute Gasteiger partial charge is 0.393 e. The molecule has 2 unspecified atom stereocenters. The normalized spacial score (nSPS) is 39.6. The van der Waals surface area contributed by atoms with Gasteiger partial charge in [0.25, 0.3) is 0 Å². The van der Waals surface area contributed by atoms with Crippen molar-refractivity contribution in [2.75, 3.05) is 0 Å². The Morgan fingerprint density at radius 3 is 2.29 bits per heavy atom. The van der Waals surface area contributed by atoms with Gasteiger partial charge in [-0.1, -0.05) is 6.08 Å². The summed E-state index contributed by atoms with van der Waals surface area (Å²) in [5, 5.41) is 8.84. The van der Waals surface area contributed by atoms with E-state index >= 15 is 0 Å². The summed E-state index contributed by atoms with van der Waals surface area (Å²) >= 11 is 0. The van der Waals surface area contributed by atoms with E-state index < -0.39 is 0 Å². The maximum Gasteiger partial charge on any atom is 0.0602 e. The van der Waals surface area contributed by atoms with Crippen LogP contribution >= 0.6 is 0 Å². The summed E-state index contributed by atoms with van der Waals surface area (Å²) in [6.07, 6.45) is 3.85. The lowest BCUT2D eigenvalue weighted by molar-refractivity contribution is 0.0502. The predicted molar refractivity (Wildman–Crippen MR) is 28.9 cm³/mol. The average molecular weight is 98.1 g/mol. The zero-order valence-corrected chi connectivity index (χ0v) is 4.30. The first-order valence-corrected chi connectivity index (χ1v) is 2.65. The van der Waals surface area contributed by atoms with E-state index in [-0.39, 0.29) is 6.10 Å². The highest BCUT2D eigenvalue weighted by molar-refractivity contribution is 4.91. The number of aliphatic hydroxyl groups excluding tert-OH is 1. The Labute approximate surface area is 43.7 Å². The van der Waals surface area contributed by atoms with Crippen LogP contribution in [-0.2, 0) is 0 Å². The second-order valence-corrected chi connectivity index (χ2v) is 2.04. The fourth-order valence-electron chi connectivity index (χ4n) is 0.783. The van der Waals surface area contributed by atoms with Crippen molar-refractivity contribution in [3.8, 4) is 0 Å². The minimum atomic E-state index is -0.0718. The Morgan fingerprint density at radius 1 is 1.57 bits per heavy atom. The standard InChI is InChI=1S/C6H10O/c1-2-5-3-4-6(5)7/h2,5-7H,1,3-4H2. The van der Waals surface area contributed by atoms with Gasteiger partial charge < -0.3 is 5.11 Å². The molecular formula is C6H10O. The highest BCUT2D eigenvalue weighted by atomic mass is 16.3. The van der Waals surface area contributed by atoms with E-state index in [9.17, 15) is 0 Å². The summed E-state index contributed by atoms with van der Waals surface area (Å²) in [5.74, 6) is 0.403. The van der Waals surface area contributed by atoms with Crippen LogP contribution in [-0.4, -0.2) is 11.2 Å². The second-order valence-electron chi connectivity index (χ2n) is 2.04. The quantitative estimate of drug-likeness (QED) is 0.484. The van der Waals surface area contributed by atoms with Gasteiger partial charge in [0.1, 0.15) is 0 Å². The van der Waals surface area contributed by atoms with Crippen LogP contribution in [0.25, 0.3) is 0 Å². The third kappa shape index (κ3) is 0.682. The lowest BCUT2D eigenvalue weighted by atomic mass is 9.82. The van der Waals surface area contributed by atoms with E-state index in [4.69, 9.17) is 5.11 Å². The zero-order valence-electron chi connectivity index (χ0n) is 4.30. The molecule has 0 aromatic rings. The van der Waals surface area contributed by atoms with E-state index in [0.717, 1.165) is 12.8 Å². The Hall–Kier alpha value is -0.300. The maximum atomic E-state index is 8.84. The van der Waals surface area contributed by atoms with E-state index in [1.54, 1.807) is 0 Å². The monoisotopic (exact) mass is 98.1 g/mol. The first kappa shape index (κ1) is 4.85. The number of hydrogen-bond acceptors (Lipinski definition) is 1. The van der Waals surface area contributed by atoms with Gasteiger partial charge in [-0.3, -0.25) is 0 Å². The molecule has 1 aliphatic carbocycles. The third-order valence-electron chi connectivity index (χ3n) is 1.59. The smallest absolute Gasteiger partial charge is 0.0602 e. The highest BCUT2D eigenvalue weighted by Gasteiger charge is 2.24. The van der Waals surface area contributed by atoms with E-state index in [0.29, 0.717) is 5.92 Å². The Balaban J connectivity index is 2.28.